The van der Waals surface area contributed by atoms with E-state index in [1.165, 1.54) is 0 Å². The number of pyridine rings is 1. The molecule has 0 bridgehead atoms. The Balaban J connectivity index is 2.70. The maximum Gasteiger partial charge on any atom is 0.131 e. The molecule has 2 rings (SSSR count). The zero-order valence-electron chi connectivity index (χ0n) is 8.05. The maximum atomic E-state index is 6.09. The lowest BCUT2D eigenvalue weighted by Crippen LogP contribution is -1.94. The van der Waals surface area contributed by atoms with Crippen LogP contribution in [-0.2, 0) is 0 Å². The Kier molecular flexibility index (Phi) is 3.24. The van der Waals surface area contributed by atoms with Crippen LogP contribution in [0.1, 0.15) is 0 Å². The van der Waals surface area contributed by atoms with Gasteiger partial charge in [0.25, 0.3) is 0 Å². The molecule has 82 valence electrons. The molecule has 0 aliphatic heterocycles. The normalized spacial score (nSPS) is 10.4. The number of hydrogen-bond donors (Lipinski definition) is 1. The van der Waals surface area contributed by atoms with Crippen molar-refractivity contribution in [3.05, 3.63) is 45.5 Å². The average molecular weight is 274 g/mol. The SMILES string of the molecule is Nc1ncccc1-c1c(Cl)cc(Cl)cc1Cl. The molecule has 2 N–H and O–H groups in total. The van der Waals surface area contributed by atoms with Gasteiger partial charge >= 0.3 is 0 Å². The summed E-state index contributed by atoms with van der Waals surface area (Å²) in [4.78, 5) is 3.99. The van der Waals surface area contributed by atoms with E-state index >= 15 is 0 Å². The van der Waals surface area contributed by atoms with Crippen molar-refractivity contribution in [3.8, 4) is 11.1 Å². The minimum Gasteiger partial charge on any atom is -0.383 e. The molecule has 0 unspecified atom stereocenters. The standard InChI is InChI=1S/C11H7Cl3N2/c12-6-4-8(13)10(9(14)5-6)7-2-1-3-16-11(7)15/h1-5H,(H2,15,16). The Morgan fingerprint density at radius 2 is 1.69 bits per heavy atom. The Labute approximate surface area is 108 Å². The molecule has 2 aromatic rings. The third-order valence-electron chi connectivity index (χ3n) is 2.11. The smallest absolute Gasteiger partial charge is 0.131 e. The lowest BCUT2D eigenvalue weighted by atomic mass is 10.1. The van der Waals surface area contributed by atoms with Crippen LogP contribution in [-0.4, -0.2) is 4.98 Å². The highest BCUT2D eigenvalue weighted by Crippen LogP contribution is 2.38. The molecular formula is C11H7Cl3N2. The van der Waals surface area contributed by atoms with Gasteiger partial charge in [-0.25, -0.2) is 4.98 Å². The molecular weight excluding hydrogens is 266 g/mol. The van der Waals surface area contributed by atoms with Crippen molar-refractivity contribution in [1.29, 1.82) is 0 Å². The molecule has 2 nitrogen and oxygen atoms in total. The summed E-state index contributed by atoms with van der Waals surface area (Å²) in [5, 5.41) is 1.40. The third-order valence-corrected chi connectivity index (χ3v) is 2.93. The van der Waals surface area contributed by atoms with Gasteiger partial charge in [0.15, 0.2) is 0 Å². The summed E-state index contributed by atoms with van der Waals surface area (Å²) in [6.45, 7) is 0. The van der Waals surface area contributed by atoms with E-state index < -0.39 is 0 Å². The van der Waals surface area contributed by atoms with Crippen LogP contribution in [0.2, 0.25) is 15.1 Å². The first kappa shape index (κ1) is 11.5. The van der Waals surface area contributed by atoms with Crippen LogP contribution in [0.15, 0.2) is 30.5 Å². The molecule has 0 amide bonds. The average Bonchev–Trinajstić information content (AvgIpc) is 2.19. The lowest BCUT2D eigenvalue weighted by Gasteiger charge is -2.09. The van der Waals surface area contributed by atoms with Gasteiger partial charge in [-0.05, 0) is 24.3 Å². The molecule has 5 heteroatoms. The zero-order chi connectivity index (χ0) is 11.7. The Bertz CT molecular complexity index is 517. The summed E-state index contributed by atoms with van der Waals surface area (Å²) in [6.07, 6.45) is 1.61. The van der Waals surface area contributed by atoms with Gasteiger partial charge in [-0.1, -0.05) is 34.8 Å². The van der Waals surface area contributed by atoms with E-state index in [4.69, 9.17) is 40.5 Å². The third kappa shape index (κ3) is 2.09. The monoisotopic (exact) mass is 272 g/mol. The molecule has 1 heterocycles. The van der Waals surface area contributed by atoms with E-state index in [-0.39, 0.29) is 0 Å². The minimum atomic E-state index is 0.383. The number of rotatable bonds is 1. The van der Waals surface area contributed by atoms with E-state index in [2.05, 4.69) is 4.98 Å². The molecule has 0 fully saturated rings. The number of nitrogens with zero attached hydrogens (tertiary/aromatic N) is 1. The molecule has 0 aliphatic carbocycles. The van der Waals surface area contributed by atoms with Crippen LogP contribution < -0.4 is 5.73 Å². The van der Waals surface area contributed by atoms with Gasteiger partial charge in [-0.3, -0.25) is 0 Å². The van der Waals surface area contributed by atoms with Gasteiger partial charge in [0.2, 0.25) is 0 Å². The quantitative estimate of drug-likeness (QED) is 0.842. The largest absolute Gasteiger partial charge is 0.383 e. The van der Waals surface area contributed by atoms with E-state index in [1.807, 2.05) is 6.07 Å². The summed E-state index contributed by atoms with van der Waals surface area (Å²) in [5.41, 5.74) is 7.12. The fourth-order valence-corrected chi connectivity index (χ4v) is 2.45. The predicted molar refractivity (Wildman–Crippen MR) is 69.1 cm³/mol. The van der Waals surface area contributed by atoms with Gasteiger partial charge < -0.3 is 5.73 Å². The van der Waals surface area contributed by atoms with E-state index in [0.717, 1.165) is 0 Å². The van der Waals surface area contributed by atoms with Gasteiger partial charge in [-0.2, -0.15) is 0 Å². The molecule has 16 heavy (non-hydrogen) atoms. The molecule has 1 aromatic carbocycles. The topological polar surface area (TPSA) is 38.9 Å². The number of hydrogen-bond acceptors (Lipinski definition) is 2. The fourth-order valence-electron chi connectivity index (χ4n) is 1.43. The summed E-state index contributed by atoms with van der Waals surface area (Å²) < 4.78 is 0. The molecule has 0 saturated heterocycles. The molecule has 0 spiro atoms. The van der Waals surface area contributed by atoms with E-state index in [1.54, 1.807) is 24.4 Å². The number of halogens is 3. The van der Waals surface area contributed by atoms with Crippen LogP contribution in [0, 0.1) is 0 Å². The van der Waals surface area contributed by atoms with Crippen molar-refractivity contribution in [3.63, 3.8) is 0 Å². The van der Waals surface area contributed by atoms with Crippen molar-refractivity contribution in [1.82, 2.24) is 4.98 Å². The summed E-state index contributed by atoms with van der Waals surface area (Å²) >= 11 is 18.0. The Morgan fingerprint density at radius 1 is 1.06 bits per heavy atom. The summed E-state index contributed by atoms with van der Waals surface area (Å²) in [7, 11) is 0. The fraction of sp³-hybridized carbons (Fsp3) is 0. The van der Waals surface area contributed by atoms with Crippen molar-refractivity contribution in [2.75, 3.05) is 5.73 Å². The highest BCUT2D eigenvalue weighted by Gasteiger charge is 2.12. The van der Waals surface area contributed by atoms with Crippen LogP contribution in [0.25, 0.3) is 11.1 Å². The molecule has 0 aliphatic rings. The minimum absolute atomic E-state index is 0.383. The highest BCUT2D eigenvalue weighted by molar-refractivity contribution is 6.42. The molecule has 0 atom stereocenters. The Morgan fingerprint density at radius 3 is 2.25 bits per heavy atom. The first-order valence-corrected chi connectivity index (χ1v) is 5.58. The number of nitrogen functional groups attached to an aromatic ring is 1. The first-order chi connectivity index (χ1) is 7.59. The highest BCUT2D eigenvalue weighted by atomic mass is 35.5. The van der Waals surface area contributed by atoms with Gasteiger partial charge in [0, 0.05) is 22.3 Å². The van der Waals surface area contributed by atoms with Gasteiger partial charge in [0.05, 0.1) is 10.0 Å². The molecule has 1 aromatic heterocycles. The van der Waals surface area contributed by atoms with Crippen LogP contribution in [0.5, 0.6) is 0 Å². The number of benzene rings is 1. The second-order valence-electron chi connectivity index (χ2n) is 3.18. The number of nitrogens with two attached hydrogens (primary N) is 1. The van der Waals surface area contributed by atoms with Crippen LogP contribution >= 0.6 is 34.8 Å². The van der Waals surface area contributed by atoms with E-state index in [0.29, 0.717) is 32.0 Å². The molecule has 0 saturated carbocycles. The second kappa shape index (κ2) is 4.50. The summed E-state index contributed by atoms with van der Waals surface area (Å²) in [6, 6.07) is 6.82. The summed E-state index contributed by atoms with van der Waals surface area (Å²) in [5.74, 6) is 0.383. The van der Waals surface area contributed by atoms with Crippen molar-refractivity contribution in [2.24, 2.45) is 0 Å². The predicted octanol–water partition coefficient (Wildman–Crippen LogP) is 4.29. The number of aromatic nitrogens is 1. The van der Waals surface area contributed by atoms with Crippen LogP contribution in [0.4, 0.5) is 5.82 Å². The van der Waals surface area contributed by atoms with Crippen molar-refractivity contribution in [2.45, 2.75) is 0 Å². The van der Waals surface area contributed by atoms with Gasteiger partial charge in [0.1, 0.15) is 5.82 Å². The first-order valence-electron chi connectivity index (χ1n) is 4.45. The maximum absolute atomic E-state index is 6.09. The number of anilines is 1. The second-order valence-corrected chi connectivity index (χ2v) is 4.43. The van der Waals surface area contributed by atoms with Gasteiger partial charge in [-0.15, -0.1) is 0 Å². The zero-order valence-corrected chi connectivity index (χ0v) is 10.3. The lowest BCUT2D eigenvalue weighted by molar-refractivity contribution is 1.34. The Hall–Kier alpha value is -0.960. The van der Waals surface area contributed by atoms with Crippen LogP contribution in [0.3, 0.4) is 0 Å². The van der Waals surface area contributed by atoms with Crippen molar-refractivity contribution < 1.29 is 0 Å². The molecule has 0 radical (unpaired) electrons. The van der Waals surface area contributed by atoms with E-state index in [9.17, 15) is 0 Å². The van der Waals surface area contributed by atoms with Crippen molar-refractivity contribution >= 4 is 40.6 Å².